The fraction of sp³-hybridized carbons (Fsp3) is 1.00. The van der Waals surface area contributed by atoms with E-state index in [-0.39, 0.29) is 6.04 Å². The molecule has 0 spiro atoms. The second kappa shape index (κ2) is 5.43. The highest BCUT2D eigenvalue weighted by molar-refractivity contribution is 6.69. The minimum absolute atomic E-state index is 0.146. The van der Waals surface area contributed by atoms with Crippen molar-refractivity contribution in [1.82, 2.24) is 0 Å². The molecule has 0 saturated heterocycles. The summed E-state index contributed by atoms with van der Waals surface area (Å²) in [7, 11) is -1.80. The molecule has 10 heteroatoms. The van der Waals surface area contributed by atoms with Crippen molar-refractivity contribution in [2.75, 3.05) is 0 Å². The van der Waals surface area contributed by atoms with Gasteiger partial charge >= 0.3 is 15.0 Å². The van der Waals surface area contributed by atoms with Gasteiger partial charge in [0.05, 0.1) is 0 Å². The Labute approximate surface area is 84.9 Å². The minimum atomic E-state index is -4.15. The number of rotatable bonds is 5. The lowest BCUT2D eigenvalue weighted by molar-refractivity contribution is -0.132. The molecule has 0 fully saturated rings. The molecule has 0 aliphatic heterocycles. The summed E-state index contributed by atoms with van der Waals surface area (Å²) in [5, 5.41) is 0. The van der Waals surface area contributed by atoms with E-state index in [4.69, 9.17) is 12.3 Å². The number of hydrogen-bond acceptors (Lipinski definition) is 3. The van der Waals surface area contributed by atoms with E-state index in [0.717, 1.165) is 0 Å². The molecule has 3 nitrogen and oxygen atoms in total. The normalized spacial score (nSPS) is 17.8. The van der Waals surface area contributed by atoms with E-state index in [1.807, 2.05) is 0 Å². The van der Waals surface area contributed by atoms with Gasteiger partial charge in [-0.05, 0) is 0 Å². The maximum Gasteiger partial charge on any atom is 0.468 e. The van der Waals surface area contributed by atoms with Crippen molar-refractivity contribution in [1.29, 1.82) is 0 Å². The fourth-order valence-corrected chi connectivity index (χ4v) is 10.4. The third kappa shape index (κ3) is 5.09. The van der Waals surface area contributed by atoms with Crippen molar-refractivity contribution in [3.8, 4) is 0 Å². The van der Waals surface area contributed by atoms with Gasteiger partial charge in [-0.2, -0.15) is 13.2 Å². The van der Waals surface area contributed by atoms with Crippen LogP contribution < -0.4 is 0 Å². The summed E-state index contributed by atoms with van der Waals surface area (Å²) in [4.78, 5) is 0. The van der Waals surface area contributed by atoms with Crippen molar-refractivity contribution < 1.29 is 25.5 Å². The lowest BCUT2D eigenvalue weighted by Crippen LogP contribution is -2.44. The van der Waals surface area contributed by atoms with E-state index < -0.39 is 21.4 Å². The molecule has 0 saturated carbocycles. The van der Waals surface area contributed by atoms with Gasteiger partial charge in [0.25, 0.3) is 0 Å². The number of halogens is 3. The molecule has 0 heterocycles. The SMILES string of the molecule is FC(F)(F)CC[Si](O[SiH3])(O[SiH3])O[SiH3]. The summed E-state index contributed by atoms with van der Waals surface area (Å²) in [5.74, 6) is 0. The van der Waals surface area contributed by atoms with Gasteiger partial charge in [0.2, 0.25) is 0 Å². The highest BCUT2D eigenvalue weighted by Gasteiger charge is 2.40. The molecule has 0 aromatic rings. The van der Waals surface area contributed by atoms with E-state index in [2.05, 4.69) is 0 Å². The van der Waals surface area contributed by atoms with Crippen molar-refractivity contribution in [3.63, 3.8) is 0 Å². The van der Waals surface area contributed by atoms with Crippen molar-refractivity contribution >= 4 is 40.3 Å². The summed E-state index contributed by atoms with van der Waals surface area (Å²) in [6, 6.07) is -0.146. The Morgan fingerprint density at radius 1 is 1.00 bits per heavy atom. The first-order valence-electron chi connectivity index (χ1n) is 3.61. The predicted octanol–water partition coefficient (Wildman–Crippen LogP) is -2.23. The molecule has 13 heavy (non-hydrogen) atoms. The Morgan fingerprint density at radius 2 is 1.38 bits per heavy atom. The van der Waals surface area contributed by atoms with Gasteiger partial charge in [-0.15, -0.1) is 0 Å². The third-order valence-electron chi connectivity index (χ3n) is 1.65. The summed E-state index contributed by atoms with van der Waals surface area (Å²) < 4.78 is 50.8. The molecule has 0 aromatic carbocycles. The molecule has 0 radical (unpaired) electrons. The highest BCUT2D eigenvalue weighted by Crippen LogP contribution is 2.26. The smallest absolute Gasteiger partial charge is 0.425 e. The predicted molar refractivity (Wildman–Crippen MR) is 54.3 cm³/mol. The van der Waals surface area contributed by atoms with Crippen LogP contribution in [0.15, 0.2) is 0 Å². The van der Waals surface area contributed by atoms with Gasteiger partial charge in [0.15, 0.2) is 0 Å². The zero-order chi connectivity index (χ0) is 10.5. The van der Waals surface area contributed by atoms with Crippen LogP contribution >= 0.6 is 0 Å². The lowest BCUT2D eigenvalue weighted by atomic mass is 10.5. The monoisotopic (exact) mass is 266 g/mol. The van der Waals surface area contributed by atoms with E-state index in [1.165, 1.54) is 0 Å². The van der Waals surface area contributed by atoms with Gasteiger partial charge in [-0.1, -0.05) is 0 Å². The molecular formula is C3H13F3O3Si4. The number of hydrogen-bond donors (Lipinski definition) is 0. The molecular weight excluding hydrogens is 253 g/mol. The Balaban J connectivity index is 4.11. The van der Waals surface area contributed by atoms with Gasteiger partial charge in [0.1, 0.15) is 31.5 Å². The molecule has 0 aliphatic carbocycles. The molecule has 80 valence electrons. The zero-order valence-electron chi connectivity index (χ0n) is 7.77. The van der Waals surface area contributed by atoms with Crippen LogP contribution in [0.2, 0.25) is 6.04 Å². The second-order valence-corrected chi connectivity index (χ2v) is 9.18. The van der Waals surface area contributed by atoms with Crippen LogP contribution in [0.3, 0.4) is 0 Å². The van der Waals surface area contributed by atoms with Crippen molar-refractivity contribution in [2.45, 2.75) is 18.6 Å². The van der Waals surface area contributed by atoms with Crippen LogP contribution in [0.25, 0.3) is 0 Å². The van der Waals surface area contributed by atoms with Gasteiger partial charge < -0.3 is 12.3 Å². The van der Waals surface area contributed by atoms with Crippen LogP contribution in [-0.4, -0.2) is 46.4 Å². The Morgan fingerprint density at radius 3 is 1.62 bits per heavy atom. The fourth-order valence-electron chi connectivity index (χ4n) is 0.851. The summed E-state index contributed by atoms with van der Waals surface area (Å²) in [5.41, 5.74) is 0. The highest BCUT2D eigenvalue weighted by atomic mass is 28.5. The lowest BCUT2D eigenvalue weighted by Gasteiger charge is -2.26. The molecule has 0 rings (SSSR count). The minimum Gasteiger partial charge on any atom is -0.425 e. The second-order valence-electron chi connectivity index (χ2n) is 2.41. The molecule has 0 N–H and O–H groups in total. The first-order valence-corrected chi connectivity index (χ1v) is 7.99. The Bertz CT molecular complexity index is 141. The molecule has 0 amide bonds. The van der Waals surface area contributed by atoms with Gasteiger partial charge in [-0.25, -0.2) is 0 Å². The van der Waals surface area contributed by atoms with Crippen LogP contribution in [-0.2, 0) is 12.3 Å². The average molecular weight is 266 g/mol. The molecule has 0 atom stereocenters. The van der Waals surface area contributed by atoms with Crippen LogP contribution in [0.5, 0.6) is 0 Å². The largest absolute Gasteiger partial charge is 0.468 e. The van der Waals surface area contributed by atoms with Crippen molar-refractivity contribution in [2.24, 2.45) is 0 Å². The third-order valence-corrected chi connectivity index (χ3v) is 9.97. The molecule has 0 unspecified atom stereocenters. The maximum absolute atomic E-state index is 11.9. The quantitative estimate of drug-likeness (QED) is 0.527. The standard InChI is InChI=1S/C3H13F3O3Si4/c4-3(5,6)1-2-13(7-10,8-11)9-12/h1-2H2,10-12H3. The van der Waals surface area contributed by atoms with Crippen LogP contribution in [0, 0.1) is 0 Å². The average Bonchev–Trinajstić information content (AvgIpc) is 2.06. The maximum atomic E-state index is 11.9. The molecule has 0 aliphatic rings. The van der Waals surface area contributed by atoms with Crippen LogP contribution in [0.4, 0.5) is 13.2 Å². The van der Waals surface area contributed by atoms with Gasteiger partial charge in [-0.3, -0.25) is 0 Å². The topological polar surface area (TPSA) is 27.7 Å². The first kappa shape index (κ1) is 13.5. The summed E-state index contributed by atoms with van der Waals surface area (Å²) >= 11 is 0. The summed E-state index contributed by atoms with van der Waals surface area (Å²) in [6.07, 6.45) is -5.04. The van der Waals surface area contributed by atoms with Crippen molar-refractivity contribution in [3.05, 3.63) is 0 Å². The van der Waals surface area contributed by atoms with E-state index in [1.54, 1.807) is 0 Å². The zero-order valence-corrected chi connectivity index (χ0v) is 14.8. The van der Waals surface area contributed by atoms with Crippen LogP contribution in [0.1, 0.15) is 6.42 Å². The number of alkyl halides is 3. The Kier molecular flexibility index (Phi) is 5.65. The van der Waals surface area contributed by atoms with Gasteiger partial charge in [0, 0.05) is 12.5 Å². The van der Waals surface area contributed by atoms with E-state index in [0.29, 0.717) is 31.5 Å². The van der Waals surface area contributed by atoms with E-state index in [9.17, 15) is 13.2 Å². The first-order chi connectivity index (χ1) is 5.89. The van der Waals surface area contributed by atoms with E-state index >= 15 is 0 Å². The summed E-state index contributed by atoms with van der Waals surface area (Å²) in [6.45, 7) is 0. The molecule has 0 bridgehead atoms. The molecule has 0 aromatic heterocycles. The Hall–Kier alpha value is 0.538.